The van der Waals surface area contributed by atoms with E-state index in [1.54, 1.807) is 30.3 Å². The molecule has 1 unspecified atom stereocenters. The lowest BCUT2D eigenvalue weighted by atomic mass is 9.94. The van der Waals surface area contributed by atoms with Crippen LogP contribution in [-0.4, -0.2) is 69.3 Å². The Bertz CT molecular complexity index is 631. The number of hydroxylamine groups is 1. The number of hydrogen-bond acceptors (Lipinski definition) is 9. The van der Waals surface area contributed by atoms with E-state index in [9.17, 15) is 30.0 Å². The molecule has 0 spiro atoms. The first kappa shape index (κ1) is 20.0. The van der Waals surface area contributed by atoms with E-state index in [0.29, 0.717) is 5.69 Å². The zero-order chi connectivity index (χ0) is 19.3. The van der Waals surface area contributed by atoms with E-state index in [0.717, 1.165) is 6.92 Å². The van der Waals surface area contributed by atoms with Crippen molar-refractivity contribution in [2.45, 2.75) is 37.2 Å². The van der Waals surface area contributed by atoms with Crippen molar-refractivity contribution in [3.63, 3.8) is 0 Å². The van der Waals surface area contributed by atoms with Gasteiger partial charge in [-0.1, -0.05) is 23.7 Å². The number of para-hydroxylation sites is 1. The van der Waals surface area contributed by atoms with Crippen LogP contribution in [-0.2, 0) is 14.4 Å². The smallest absolute Gasteiger partial charge is 0.394 e. The molecule has 2 rings (SSSR count). The second-order valence-corrected chi connectivity index (χ2v) is 5.68. The molecule has 144 valence electrons. The molecule has 0 bridgehead atoms. The summed E-state index contributed by atoms with van der Waals surface area (Å²) in [6, 6.07) is 6.69. The number of amides is 2. The molecule has 1 saturated heterocycles. The highest BCUT2D eigenvalue weighted by atomic mass is 16.8. The Balaban J connectivity index is 2.08. The fourth-order valence-corrected chi connectivity index (χ4v) is 2.44. The molecular weight excluding hydrogens is 350 g/mol. The van der Waals surface area contributed by atoms with Gasteiger partial charge < -0.3 is 35.3 Å². The molecule has 1 fully saturated rings. The molecule has 0 aromatic heterocycles. The van der Waals surface area contributed by atoms with E-state index in [1.165, 1.54) is 0 Å². The molecule has 1 aromatic rings. The molecule has 11 nitrogen and oxygen atoms in total. The van der Waals surface area contributed by atoms with Gasteiger partial charge in [-0.3, -0.25) is 10.1 Å². The van der Waals surface area contributed by atoms with Gasteiger partial charge >= 0.3 is 6.09 Å². The quantitative estimate of drug-likeness (QED) is 0.229. The van der Waals surface area contributed by atoms with Gasteiger partial charge in [0.25, 0.3) is 5.91 Å². The Morgan fingerprint density at radius 1 is 1.23 bits per heavy atom. The Labute approximate surface area is 148 Å². The van der Waals surface area contributed by atoms with Crippen LogP contribution in [0.4, 0.5) is 10.5 Å². The predicted molar refractivity (Wildman–Crippen MR) is 86.2 cm³/mol. The topological polar surface area (TPSA) is 170 Å². The Morgan fingerprint density at radius 2 is 1.88 bits per heavy atom. The number of rotatable bonds is 5. The van der Waals surface area contributed by atoms with Gasteiger partial charge in [-0.15, -0.1) is 0 Å². The lowest BCUT2D eigenvalue weighted by Crippen LogP contribution is -2.74. The molecule has 0 radical (unpaired) electrons. The Kier molecular flexibility index (Phi) is 6.47. The summed E-state index contributed by atoms with van der Waals surface area (Å²) >= 11 is 0. The standard InChI is InChI=1S/C15H21N3O8/c1-8(20)16-13-12(22)11(21)10(7-19)25-15(13,24)18-26-14(23)17-9-5-3-2-4-6-9/h2-6,10-13,18-19,21-22,24H,7H2,1H3,(H,16,20)(H,17,23)/t10-,11-,12+,13-,15?/m1/s1. The molecule has 1 aliphatic heterocycles. The van der Waals surface area contributed by atoms with Crippen LogP contribution in [0, 0.1) is 0 Å². The summed E-state index contributed by atoms with van der Waals surface area (Å²) < 4.78 is 5.08. The van der Waals surface area contributed by atoms with Crippen molar-refractivity contribution in [1.82, 2.24) is 10.8 Å². The number of carbonyl (C=O) groups is 2. The highest BCUT2D eigenvalue weighted by Gasteiger charge is 2.55. The van der Waals surface area contributed by atoms with Crippen molar-refractivity contribution in [2.75, 3.05) is 11.9 Å². The fraction of sp³-hybridized carbons (Fsp3) is 0.467. The number of nitrogens with one attached hydrogen (secondary N) is 3. The monoisotopic (exact) mass is 371 g/mol. The van der Waals surface area contributed by atoms with Gasteiger partial charge in [0.05, 0.1) is 6.61 Å². The van der Waals surface area contributed by atoms with Crippen molar-refractivity contribution >= 4 is 17.7 Å². The van der Waals surface area contributed by atoms with Crippen LogP contribution in [0.15, 0.2) is 30.3 Å². The Hall–Kier alpha value is -2.28. The van der Waals surface area contributed by atoms with Gasteiger partial charge in [0.2, 0.25) is 5.91 Å². The minimum absolute atomic E-state index is 0.415. The Morgan fingerprint density at radius 3 is 2.46 bits per heavy atom. The third-order valence-corrected chi connectivity index (χ3v) is 3.67. The van der Waals surface area contributed by atoms with Gasteiger partial charge in [0.15, 0.2) is 0 Å². The number of carbonyl (C=O) groups excluding carboxylic acids is 2. The van der Waals surface area contributed by atoms with Crippen LogP contribution in [0.2, 0.25) is 0 Å². The molecular formula is C15H21N3O8. The van der Waals surface area contributed by atoms with Crippen molar-refractivity contribution < 1.29 is 39.6 Å². The summed E-state index contributed by atoms with van der Waals surface area (Å²) in [6.07, 6.45) is -5.73. The van der Waals surface area contributed by atoms with E-state index in [2.05, 4.69) is 15.5 Å². The maximum absolute atomic E-state index is 11.8. The van der Waals surface area contributed by atoms with E-state index >= 15 is 0 Å². The zero-order valence-corrected chi connectivity index (χ0v) is 13.8. The molecule has 2 amide bonds. The van der Waals surface area contributed by atoms with Gasteiger partial charge in [-0.05, 0) is 12.1 Å². The summed E-state index contributed by atoms with van der Waals surface area (Å²) in [5.41, 5.74) is 2.33. The normalized spacial score (nSPS) is 31.1. The van der Waals surface area contributed by atoms with Crippen molar-refractivity contribution in [3.8, 4) is 0 Å². The van der Waals surface area contributed by atoms with Crippen LogP contribution in [0.5, 0.6) is 0 Å². The molecule has 1 aromatic carbocycles. The van der Waals surface area contributed by atoms with Crippen LogP contribution in [0.1, 0.15) is 6.92 Å². The third-order valence-electron chi connectivity index (χ3n) is 3.67. The highest BCUT2D eigenvalue weighted by Crippen LogP contribution is 2.26. The van der Waals surface area contributed by atoms with Crippen LogP contribution in [0.3, 0.4) is 0 Å². The molecule has 0 saturated carbocycles. The first-order valence-corrected chi connectivity index (χ1v) is 7.71. The zero-order valence-electron chi connectivity index (χ0n) is 13.8. The lowest BCUT2D eigenvalue weighted by Gasteiger charge is -2.46. The molecule has 0 aliphatic carbocycles. The number of aliphatic hydroxyl groups is 4. The molecule has 1 heterocycles. The SMILES string of the molecule is CC(=O)N[C@@H]1[C@@H](O)[C@H](O)[C@@H](CO)OC1(O)NOC(=O)Nc1ccccc1. The summed E-state index contributed by atoms with van der Waals surface area (Å²) in [4.78, 5) is 27.8. The second-order valence-electron chi connectivity index (χ2n) is 5.68. The second kappa shape index (κ2) is 8.40. The van der Waals surface area contributed by atoms with E-state index in [-0.39, 0.29) is 0 Å². The molecule has 5 atom stereocenters. The summed E-state index contributed by atoms with van der Waals surface area (Å²) in [6.45, 7) is 0.367. The van der Waals surface area contributed by atoms with E-state index < -0.39 is 48.9 Å². The predicted octanol–water partition coefficient (Wildman–Crippen LogP) is -2.00. The first-order chi connectivity index (χ1) is 12.3. The molecule has 11 heteroatoms. The average molecular weight is 371 g/mol. The minimum atomic E-state index is -2.61. The third kappa shape index (κ3) is 4.66. The average Bonchev–Trinajstić information content (AvgIpc) is 2.61. The van der Waals surface area contributed by atoms with E-state index in [4.69, 9.17) is 4.74 Å². The largest absolute Gasteiger partial charge is 0.430 e. The fourth-order valence-electron chi connectivity index (χ4n) is 2.44. The van der Waals surface area contributed by atoms with Crippen molar-refractivity contribution in [1.29, 1.82) is 0 Å². The maximum Gasteiger partial charge on any atom is 0.430 e. The number of ether oxygens (including phenoxy) is 1. The van der Waals surface area contributed by atoms with Crippen LogP contribution in [0.25, 0.3) is 0 Å². The van der Waals surface area contributed by atoms with Gasteiger partial charge in [-0.25, -0.2) is 4.79 Å². The minimum Gasteiger partial charge on any atom is -0.394 e. The lowest BCUT2D eigenvalue weighted by molar-refractivity contribution is -0.356. The van der Waals surface area contributed by atoms with Gasteiger partial charge in [0.1, 0.15) is 24.4 Å². The number of anilines is 1. The molecule has 7 N–H and O–H groups in total. The number of aliphatic hydroxyl groups excluding tert-OH is 3. The van der Waals surface area contributed by atoms with E-state index in [1.807, 2.05) is 5.48 Å². The number of hydrogen-bond donors (Lipinski definition) is 7. The van der Waals surface area contributed by atoms with Crippen LogP contribution >= 0.6 is 0 Å². The first-order valence-electron chi connectivity index (χ1n) is 7.71. The summed E-state index contributed by atoms with van der Waals surface area (Å²) in [5, 5.41) is 44.3. The molecule has 1 aliphatic rings. The summed E-state index contributed by atoms with van der Waals surface area (Å²) in [5.74, 6) is -3.26. The highest BCUT2D eigenvalue weighted by molar-refractivity contribution is 5.84. The van der Waals surface area contributed by atoms with Crippen molar-refractivity contribution in [3.05, 3.63) is 30.3 Å². The summed E-state index contributed by atoms with van der Waals surface area (Å²) in [7, 11) is 0. The maximum atomic E-state index is 11.8. The number of benzene rings is 1. The van der Waals surface area contributed by atoms with Crippen LogP contribution < -0.4 is 16.1 Å². The van der Waals surface area contributed by atoms with Crippen molar-refractivity contribution in [2.24, 2.45) is 0 Å². The molecule has 26 heavy (non-hydrogen) atoms. The van der Waals surface area contributed by atoms with Gasteiger partial charge in [0, 0.05) is 12.6 Å². The van der Waals surface area contributed by atoms with Gasteiger partial charge in [-0.2, -0.15) is 0 Å².